The number of halogens is 2. The number of hydrogen-bond acceptors (Lipinski definition) is 2. The van der Waals surface area contributed by atoms with Gasteiger partial charge in [-0.1, -0.05) is 0 Å². The second kappa shape index (κ2) is 7.06. The molecule has 0 atom stereocenters. The minimum atomic E-state index is -0.483. The van der Waals surface area contributed by atoms with Crippen molar-refractivity contribution in [2.75, 3.05) is 19.6 Å². The van der Waals surface area contributed by atoms with Gasteiger partial charge in [-0.25, -0.2) is 8.78 Å². The fourth-order valence-electron chi connectivity index (χ4n) is 1.67. The smallest absolute Gasteiger partial charge is 0.236 e. The molecule has 0 saturated heterocycles. The summed E-state index contributed by atoms with van der Waals surface area (Å²) in [5, 5.41) is 2.82. The Balaban J connectivity index is 2.46. The highest BCUT2D eigenvalue weighted by atomic mass is 19.1. The summed E-state index contributed by atoms with van der Waals surface area (Å²) >= 11 is 0. The van der Waals surface area contributed by atoms with Crippen molar-refractivity contribution in [2.45, 2.75) is 20.4 Å². The monoisotopic (exact) mass is 256 g/mol. The van der Waals surface area contributed by atoms with Gasteiger partial charge in [-0.2, -0.15) is 0 Å². The van der Waals surface area contributed by atoms with Crippen LogP contribution in [0, 0.1) is 11.6 Å². The van der Waals surface area contributed by atoms with Gasteiger partial charge in [0.25, 0.3) is 0 Å². The van der Waals surface area contributed by atoms with Crippen molar-refractivity contribution >= 4 is 5.91 Å². The molecule has 1 N–H and O–H groups in total. The van der Waals surface area contributed by atoms with Crippen LogP contribution >= 0.6 is 0 Å². The molecule has 1 amide bonds. The van der Waals surface area contributed by atoms with Gasteiger partial charge in [0, 0.05) is 25.2 Å². The number of likely N-dealkylation sites (N-methyl/N-ethyl adjacent to an activating group) is 1. The van der Waals surface area contributed by atoms with Crippen LogP contribution in [0.4, 0.5) is 8.78 Å². The molecule has 18 heavy (non-hydrogen) atoms. The fraction of sp³-hybridized carbons (Fsp3) is 0.462. The number of hydrogen-bond donors (Lipinski definition) is 1. The molecule has 0 aliphatic rings. The second-order valence-corrected chi connectivity index (χ2v) is 3.91. The molecule has 0 aliphatic heterocycles. The Labute approximate surface area is 106 Å². The van der Waals surface area contributed by atoms with Crippen LogP contribution in [-0.4, -0.2) is 30.4 Å². The summed E-state index contributed by atoms with van der Waals surface area (Å²) in [5.74, 6) is -1.00. The van der Waals surface area contributed by atoms with Crippen molar-refractivity contribution in [1.29, 1.82) is 0 Å². The van der Waals surface area contributed by atoms with Crippen LogP contribution in [0.2, 0.25) is 0 Å². The Morgan fingerprint density at radius 3 is 2.56 bits per heavy atom. The van der Waals surface area contributed by atoms with Gasteiger partial charge in [0.1, 0.15) is 11.6 Å². The zero-order chi connectivity index (χ0) is 13.5. The highest BCUT2D eigenvalue weighted by Crippen LogP contribution is 2.08. The maximum Gasteiger partial charge on any atom is 0.236 e. The van der Waals surface area contributed by atoms with Crippen LogP contribution < -0.4 is 5.32 Å². The van der Waals surface area contributed by atoms with Gasteiger partial charge in [-0.3, -0.25) is 4.79 Å². The average Bonchev–Trinajstić information content (AvgIpc) is 2.35. The maximum atomic E-state index is 13.3. The number of nitrogens with one attached hydrogen (secondary N) is 1. The number of benzene rings is 1. The van der Waals surface area contributed by atoms with E-state index in [0.29, 0.717) is 13.1 Å². The third-order valence-electron chi connectivity index (χ3n) is 2.72. The summed E-state index contributed by atoms with van der Waals surface area (Å²) < 4.78 is 26.2. The van der Waals surface area contributed by atoms with Crippen LogP contribution in [0.1, 0.15) is 19.4 Å². The molecule has 0 heterocycles. The Kier molecular flexibility index (Phi) is 5.71. The van der Waals surface area contributed by atoms with E-state index in [2.05, 4.69) is 5.32 Å². The molecule has 0 bridgehead atoms. The van der Waals surface area contributed by atoms with E-state index in [0.717, 1.165) is 18.2 Å². The summed E-state index contributed by atoms with van der Waals surface area (Å²) in [6, 6.07) is 3.28. The summed E-state index contributed by atoms with van der Waals surface area (Å²) in [5.41, 5.74) is 0.224. The minimum Gasteiger partial charge on any atom is -0.342 e. The van der Waals surface area contributed by atoms with E-state index in [4.69, 9.17) is 0 Å². The zero-order valence-electron chi connectivity index (χ0n) is 10.7. The molecule has 0 spiro atoms. The lowest BCUT2D eigenvalue weighted by molar-refractivity contribution is -0.129. The topological polar surface area (TPSA) is 32.3 Å². The predicted octanol–water partition coefficient (Wildman–Crippen LogP) is 1.92. The lowest BCUT2D eigenvalue weighted by Crippen LogP contribution is -2.37. The Bertz CT molecular complexity index is 406. The molecule has 0 aliphatic carbocycles. The van der Waals surface area contributed by atoms with E-state index in [1.54, 1.807) is 4.90 Å². The average molecular weight is 256 g/mol. The van der Waals surface area contributed by atoms with Crippen LogP contribution in [0.5, 0.6) is 0 Å². The van der Waals surface area contributed by atoms with Gasteiger partial charge in [0.2, 0.25) is 5.91 Å². The van der Waals surface area contributed by atoms with Gasteiger partial charge in [0.15, 0.2) is 0 Å². The highest BCUT2D eigenvalue weighted by molar-refractivity contribution is 5.78. The number of nitrogens with zero attached hydrogens (tertiary/aromatic N) is 1. The predicted molar refractivity (Wildman–Crippen MR) is 66.0 cm³/mol. The first-order valence-corrected chi connectivity index (χ1v) is 6.00. The number of carbonyl (C=O) groups is 1. The molecule has 100 valence electrons. The van der Waals surface area contributed by atoms with Gasteiger partial charge in [0.05, 0.1) is 6.54 Å². The van der Waals surface area contributed by atoms with Crippen LogP contribution in [0.15, 0.2) is 18.2 Å². The van der Waals surface area contributed by atoms with Crippen LogP contribution in [0.25, 0.3) is 0 Å². The Hall–Kier alpha value is -1.49. The van der Waals surface area contributed by atoms with Gasteiger partial charge < -0.3 is 10.2 Å². The first-order valence-electron chi connectivity index (χ1n) is 6.00. The van der Waals surface area contributed by atoms with Gasteiger partial charge >= 0.3 is 0 Å². The molecular weight excluding hydrogens is 238 g/mol. The molecule has 5 heteroatoms. The first-order chi connectivity index (χ1) is 8.58. The first kappa shape index (κ1) is 14.6. The van der Waals surface area contributed by atoms with Crippen molar-refractivity contribution in [1.82, 2.24) is 10.2 Å². The normalized spacial score (nSPS) is 10.4. The second-order valence-electron chi connectivity index (χ2n) is 3.91. The largest absolute Gasteiger partial charge is 0.342 e. The molecule has 1 rings (SSSR count). The Morgan fingerprint density at radius 2 is 1.94 bits per heavy atom. The summed E-state index contributed by atoms with van der Waals surface area (Å²) in [6.45, 7) is 5.34. The quantitative estimate of drug-likeness (QED) is 0.843. The summed E-state index contributed by atoms with van der Waals surface area (Å²) in [6.07, 6.45) is 0. The molecule has 0 radical (unpaired) electrons. The minimum absolute atomic E-state index is 0.0446. The summed E-state index contributed by atoms with van der Waals surface area (Å²) in [4.78, 5) is 13.3. The third kappa shape index (κ3) is 4.07. The van der Waals surface area contributed by atoms with E-state index in [9.17, 15) is 13.6 Å². The van der Waals surface area contributed by atoms with Crippen LogP contribution in [0.3, 0.4) is 0 Å². The van der Waals surface area contributed by atoms with Crippen molar-refractivity contribution < 1.29 is 13.6 Å². The third-order valence-corrected chi connectivity index (χ3v) is 2.72. The van der Waals surface area contributed by atoms with Gasteiger partial charge in [-0.05, 0) is 32.0 Å². The van der Waals surface area contributed by atoms with E-state index in [-0.39, 0.29) is 24.6 Å². The van der Waals surface area contributed by atoms with E-state index >= 15 is 0 Å². The molecule has 3 nitrogen and oxygen atoms in total. The highest BCUT2D eigenvalue weighted by Gasteiger charge is 2.09. The van der Waals surface area contributed by atoms with Gasteiger partial charge in [-0.15, -0.1) is 0 Å². The van der Waals surface area contributed by atoms with E-state index in [1.807, 2.05) is 13.8 Å². The molecule has 1 aromatic carbocycles. The zero-order valence-corrected chi connectivity index (χ0v) is 10.7. The lowest BCUT2D eigenvalue weighted by atomic mass is 10.2. The van der Waals surface area contributed by atoms with E-state index < -0.39 is 11.6 Å². The molecule has 1 aromatic rings. The number of carbonyl (C=O) groups excluding carboxylic acids is 1. The molecule has 0 aromatic heterocycles. The van der Waals surface area contributed by atoms with Crippen molar-refractivity contribution in [3.8, 4) is 0 Å². The van der Waals surface area contributed by atoms with Crippen molar-refractivity contribution in [2.24, 2.45) is 0 Å². The SMILES string of the molecule is CCN(CC)C(=O)CNCc1cc(F)ccc1F. The van der Waals surface area contributed by atoms with E-state index in [1.165, 1.54) is 0 Å². The maximum absolute atomic E-state index is 13.3. The molecule has 0 unspecified atom stereocenters. The standard InChI is InChI=1S/C13H18F2N2O/c1-3-17(4-2)13(18)9-16-8-10-7-11(14)5-6-12(10)15/h5-7,16H,3-4,8-9H2,1-2H3. The number of rotatable bonds is 6. The molecule has 0 saturated carbocycles. The number of amides is 1. The molecular formula is C13H18F2N2O. The Morgan fingerprint density at radius 1 is 1.28 bits per heavy atom. The molecule has 0 fully saturated rings. The fourth-order valence-corrected chi connectivity index (χ4v) is 1.67. The van der Waals surface area contributed by atoms with Crippen molar-refractivity contribution in [3.63, 3.8) is 0 Å². The van der Waals surface area contributed by atoms with Crippen LogP contribution in [-0.2, 0) is 11.3 Å². The van der Waals surface area contributed by atoms with Crippen molar-refractivity contribution in [3.05, 3.63) is 35.4 Å². The summed E-state index contributed by atoms with van der Waals surface area (Å²) in [7, 11) is 0. The lowest BCUT2D eigenvalue weighted by Gasteiger charge is -2.18.